The van der Waals surface area contributed by atoms with Crippen molar-refractivity contribution in [2.45, 2.75) is 26.4 Å². The van der Waals surface area contributed by atoms with Crippen LogP contribution in [0.25, 0.3) is 11.0 Å². The molecule has 0 bridgehead atoms. The number of benzene rings is 2. The van der Waals surface area contributed by atoms with Gasteiger partial charge in [0.05, 0.1) is 0 Å². The number of aliphatic hydroxyl groups excluding tert-OH is 1. The number of hydrogen-bond donors (Lipinski definition) is 1. The van der Waals surface area contributed by atoms with Crippen molar-refractivity contribution in [2.24, 2.45) is 0 Å². The second-order valence-electron chi connectivity index (χ2n) is 5.47. The molecule has 0 saturated carbocycles. The summed E-state index contributed by atoms with van der Waals surface area (Å²) in [7, 11) is 0. The van der Waals surface area contributed by atoms with Crippen molar-refractivity contribution in [1.82, 2.24) is 0 Å². The highest BCUT2D eigenvalue weighted by molar-refractivity contribution is 5.77. The van der Waals surface area contributed by atoms with E-state index in [0.717, 1.165) is 5.56 Å². The molecular formula is C18H17FO2. The van der Waals surface area contributed by atoms with Crippen LogP contribution in [0.4, 0.5) is 4.39 Å². The van der Waals surface area contributed by atoms with Gasteiger partial charge in [-0.1, -0.05) is 18.2 Å². The fraction of sp³-hybridized carbons (Fsp3) is 0.222. The number of rotatable bonds is 3. The molecule has 0 aliphatic carbocycles. The van der Waals surface area contributed by atoms with Crippen LogP contribution in [0.5, 0.6) is 0 Å². The highest BCUT2D eigenvalue weighted by Crippen LogP contribution is 2.27. The molecule has 1 heterocycles. The monoisotopic (exact) mass is 284 g/mol. The zero-order chi connectivity index (χ0) is 15.0. The van der Waals surface area contributed by atoms with Gasteiger partial charge in [-0.05, 0) is 54.8 Å². The second kappa shape index (κ2) is 5.34. The van der Waals surface area contributed by atoms with E-state index in [1.165, 1.54) is 23.3 Å². The van der Waals surface area contributed by atoms with Crippen molar-refractivity contribution < 1.29 is 13.9 Å². The van der Waals surface area contributed by atoms with E-state index in [4.69, 9.17) is 4.42 Å². The summed E-state index contributed by atoms with van der Waals surface area (Å²) in [5.74, 6) is 0.160. The van der Waals surface area contributed by atoms with Crippen molar-refractivity contribution in [3.05, 3.63) is 70.7 Å². The zero-order valence-electron chi connectivity index (χ0n) is 12.1. The average molecular weight is 284 g/mol. The molecule has 2 nitrogen and oxygen atoms in total. The van der Waals surface area contributed by atoms with E-state index >= 15 is 0 Å². The maximum absolute atomic E-state index is 13.2. The van der Waals surface area contributed by atoms with Gasteiger partial charge in [0.2, 0.25) is 0 Å². The molecule has 1 aromatic heterocycles. The molecule has 0 aliphatic heterocycles. The summed E-state index contributed by atoms with van der Waals surface area (Å²) in [6.07, 6.45) is -0.258. The van der Waals surface area contributed by atoms with Crippen LogP contribution in [0.15, 0.2) is 46.9 Å². The fourth-order valence-corrected chi connectivity index (χ4v) is 2.45. The SMILES string of the molecule is Cc1ccc(CC(O)c2cc3cc(F)ccc3o2)cc1C. The quantitative estimate of drug-likeness (QED) is 0.770. The lowest BCUT2D eigenvalue weighted by Gasteiger charge is -2.09. The molecule has 0 fully saturated rings. The van der Waals surface area contributed by atoms with Gasteiger partial charge in [0, 0.05) is 11.8 Å². The van der Waals surface area contributed by atoms with Crippen LogP contribution in [0.1, 0.15) is 28.6 Å². The van der Waals surface area contributed by atoms with Gasteiger partial charge >= 0.3 is 0 Å². The Labute approximate surface area is 122 Å². The first kappa shape index (κ1) is 13.8. The van der Waals surface area contributed by atoms with Crippen LogP contribution < -0.4 is 0 Å². The van der Waals surface area contributed by atoms with Crippen LogP contribution in [0.3, 0.4) is 0 Å². The van der Waals surface area contributed by atoms with E-state index in [-0.39, 0.29) is 5.82 Å². The summed E-state index contributed by atoms with van der Waals surface area (Å²) >= 11 is 0. The van der Waals surface area contributed by atoms with E-state index < -0.39 is 6.10 Å². The Hall–Kier alpha value is -2.13. The molecule has 1 atom stereocenters. The Morgan fingerprint density at radius 1 is 1.05 bits per heavy atom. The normalized spacial score (nSPS) is 12.8. The average Bonchev–Trinajstić information content (AvgIpc) is 2.86. The molecule has 3 aromatic rings. The van der Waals surface area contributed by atoms with E-state index in [9.17, 15) is 9.50 Å². The number of aliphatic hydroxyl groups is 1. The lowest BCUT2D eigenvalue weighted by Crippen LogP contribution is -2.01. The Kier molecular flexibility index (Phi) is 3.52. The van der Waals surface area contributed by atoms with Gasteiger partial charge in [0.25, 0.3) is 0 Å². The minimum atomic E-state index is -0.734. The van der Waals surface area contributed by atoms with Crippen LogP contribution in [0, 0.1) is 19.7 Å². The first-order chi connectivity index (χ1) is 10.0. The largest absolute Gasteiger partial charge is 0.458 e. The third kappa shape index (κ3) is 2.83. The van der Waals surface area contributed by atoms with Crippen LogP contribution in [-0.4, -0.2) is 5.11 Å². The van der Waals surface area contributed by atoms with Crippen molar-refractivity contribution in [1.29, 1.82) is 0 Å². The van der Waals surface area contributed by atoms with E-state index in [1.807, 2.05) is 12.1 Å². The molecule has 3 rings (SSSR count). The fourth-order valence-electron chi connectivity index (χ4n) is 2.45. The molecule has 3 heteroatoms. The summed E-state index contributed by atoms with van der Waals surface area (Å²) in [6, 6.07) is 12.2. The first-order valence-electron chi connectivity index (χ1n) is 6.96. The second-order valence-corrected chi connectivity index (χ2v) is 5.47. The molecule has 0 aliphatic rings. The smallest absolute Gasteiger partial charge is 0.134 e. The third-order valence-corrected chi connectivity index (χ3v) is 3.83. The lowest BCUT2D eigenvalue weighted by atomic mass is 10.0. The van der Waals surface area contributed by atoms with Crippen molar-refractivity contribution in [3.63, 3.8) is 0 Å². The molecule has 1 N–H and O–H groups in total. The highest BCUT2D eigenvalue weighted by atomic mass is 19.1. The number of halogens is 1. The van der Waals surface area contributed by atoms with Gasteiger partial charge < -0.3 is 9.52 Å². The third-order valence-electron chi connectivity index (χ3n) is 3.83. The molecule has 0 amide bonds. The zero-order valence-corrected chi connectivity index (χ0v) is 12.1. The van der Waals surface area contributed by atoms with Crippen molar-refractivity contribution in [2.75, 3.05) is 0 Å². The molecule has 0 saturated heterocycles. The topological polar surface area (TPSA) is 33.4 Å². The van der Waals surface area contributed by atoms with Gasteiger partial charge in [0.1, 0.15) is 23.3 Å². The summed E-state index contributed by atoms with van der Waals surface area (Å²) < 4.78 is 18.8. The van der Waals surface area contributed by atoms with Gasteiger partial charge in [-0.2, -0.15) is 0 Å². The van der Waals surface area contributed by atoms with E-state index in [2.05, 4.69) is 19.9 Å². The standard InChI is InChI=1S/C18H17FO2/c1-11-3-4-13(7-12(11)2)8-16(20)18-10-14-9-15(19)5-6-17(14)21-18/h3-7,9-10,16,20H,8H2,1-2H3. The maximum Gasteiger partial charge on any atom is 0.134 e. The Bertz CT molecular complexity index is 789. The molecular weight excluding hydrogens is 267 g/mol. The molecule has 2 aromatic carbocycles. The van der Waals surface area contributed by atoms with Crippen molar-refractivity contribution in [3.8, 4) is 0 Å². The van der Waals surface area contributed by atoms with Gasteiger partial charge in [-0.15, -0.1) is 0 Å². The summed E-state index contributed by atoms with van der Waals surface area (Å²) in [5.41, 5.74) is 4.07. The number of aryl methyl sites for hydroxylation is 2. The first-order valence-corrected chi connectivity index (χ1v) is 6.96. The lowest BCUT2D eigenvalue weighted by molar-refractivity contribution is 0.152. The van der Waals surface area contributed by atoms with E-state index in [0.29, 0.717) is 23.2 Å². The molecule has 0 spiro atoms. The Morgan fingerprint density at radius 3 is 2.62 bits per heavy atom. The van der Waals surface area contributed by atoms with Crippen molar-refractivity contribution >= 4 is 11.0 Å². The van der Waals surface area contributed by atoms with Gasteiger partial charge in [-0.25, -0.2) is 4.39 Å². The van der Waals surface area contributed by atoms with Crippen LogP contribution >= 0.6 is 0 Å². The van der Waals surface area contributed by atoms with Gasteiger partial charge in [0.15, 0.2) is 0 Å². The minimum absolute atomic E-state index is 0.307. The summed E-state index contributed by atoms with van der Waals surface area (Å²) in [6.45, 7) is 4.11. The Balaban J connectivity index is 1.85. The predicted octanol–water partition coefficient (Wildman–Crippen LogP) is 4.46. The summed E-state index contributed by atoms with van der Waals surface area (Å²) in [5, 5.41) is 11.0. The minimum Gasteiger partial charge on any atom is -0.458 e. The molecule has 0 radical (unpaired) electrons. The molecule has 1 unspecified atom stereocenters. The number of hydrogen-bond acceptors (Lipinski definition) is 2. The molecule has 108 valence electrons. The Morgan fingerprint density at radius 2 is 1.86 bits per heavy atom. The predicted molar refractivity (Wildman–Crippen MR) is 80.8 cm³/mol. The highest BCUT2D eigenvalue weighted by Gasteiger charge is 2.14. The molecule has 21 heavy (non-hydrogen) atoms. The van der Waals surface area contributed by atoms with Crippen LogP contribution in [0.2, 0.25) is 0 Å². The van der Waals surface area contributed by atoms with E-state index in [1.54, 1.807) is 12.1 Å². The van der Waals surface area contributed by atoms with Crippen LogP contribution in [-0.2, 0) is 6.42 Å². The van der Waals surface area contributed by atoms with Gasteiger partial charge in [-0.3, -0.25) is 0 Å². The number of furan rings is 1. The maximum atomic E-state index is 13.2. The summed E-state index contributed by atoms with van der Waals surface area (Å²) in [4.78, 5) is 0. The number of fused-ring (bicyclic) bond motifs is 1.